The van der Waals surface area contributed by atoms with E-state index in [2.05, 4.69) is 10.6 Å². The van der Waals surface area contributed by atoms with Crippen molar-refractivity contribution >= 4 is 17.5 Å². The first-order chi connectivity index (χ1) is 11.3. The number of hydrogen-bond acceptors (Lipinski definition) is 3. The number of carbonyl (C=O) groups is 2. The Morgan fingerprint density at radius 2 is 2.00 bits per heavy atom. The summed E-state index contributed by atoms with van der Waals surface area (Å²) in [6.07, 6.45) is 3.51. The van der Waals surface area contributed by atoms with Gasteiger partial charge in [0.15, 0.2) is 0 Å². The molecular weight excluding hydrogens is 304 g/mol. The molecule has 2 N–H and O–H groups in total. The maximum absolute atomic E-state index is 12.5. The van der Waals surface area contributed by atoms with E-state index in [1.165, 1.54) is 0 Å². The van der Waals surface area contributed by atoms with Crippen LogP contribution < -0.4 is 10.6 Å². The van der Waals surface area contributed by atoms with Gasteiger partial charge in [-0.05, 0) is 55.9 Å². The van der Waals surface area contributed by atoms with Crippen LogP contribution in [0, 0.1) is 12.8 Å². The summed E-state index contributed by atoms with van der Waals surface area (Å²) < 4.78 is 5.24. The molecule has 5 heteroatoms. The highest BCUT2D eigenvalue weighted by Gasteiger charge is 2.38. The minimum absolute atomic E-state index is 0.00110. The molecule has 132 valence electrons. The SMILES string of the molecule is COCC1(NC(=O)c2ccc(NC(=O)CC(C)C)c(C)c2)CCC1. The second kappa shape index (κ2) is 7.79. The smallest absolute Gasteiger partial charge is 0.251 e. The van der Waals surface area contributed by atoms with E-state index in [1.807, 2.05) is 26.8 Å². The first-order valence-electron chi connectivity index (χ1n) is 8.57. The molecule has 0 heterocycles. The van der Waals surface area contributed by atoms with Gasteiger partial charge in [0.25, 0.3) is 5.91 Å². The van der Waals surface area contributed by atoms with Crippen LogP contribution in [0.3, 0.4) is 0 Å². The molecule has 0 saturated heterocycles. The molecule has 0 aliphatic heterocycles. The summed E-state index contributed by atoms with van der Waals surface area (Å²) in [6, 6.07) is 5.37. The molecule has 2 rings (SSSR count). The Morgan fingerprint density at radius 3 is 2.50 bits per heavy atom. The zero-order valence-electron chi connectivity index (χ0n) is 15.1. The molecule has 0 spiro atoms. The highest BCUT2D eigenvalue weighted by Crippen LogP contribution is 2.32. The Balaban J connectivity index is 2.03. The standard InChI is InChI=1S/C19H28N2O3/c1-13(2)10-17(22)20-16-7-6-15(11-14(16)3)18(23)21-19(12-24-4)8-5-9-19/h6-7,11,13H,5,8-10,12H2,1-4H3,(H,20,22)(H,21,23). The molecule has 0 aromatic heterocycles. The summed E-state index contributed by atoms with van der Waals surface area (Å²) in [5, 5.41) is 6.02. The van der Waals surface area contributed by atoms with Crippen molar-refractivity contribution in [1.82, 2.24) is 5.32 Å². The van der Waals surface area contributed by atoms with E-state index in [4.69, 9.17) is 4.74 Å². The van der Waals surface area contributed by atoms with E-state index in [-0.39, 0.29) is 17.4 Å². The van der Waals surface area contributed by atoms with Crippen LogP contribution in [0.2, 0.25) is 0 Å². The number of anilines is 1. The lowest BCUT2D eigenvalue weighted by atomic mass is 9.77. The van der Waals surface area contributed by atoms with Crippen LogP contribution in [-0.2, 0) is 9.53 Å². The van der Waals surface area contributed by atoms with Gasteiger partial charge in [-0.1, -0.05) is 13.8 Å². The molecule has 1 aromatic rings. The van der Waals surface area contributed by atoms with Gasteiger partial charge in [0, 0.05) is 24.8 Å². The van der Waals surface area contributed by atoms with E-state index >= 15 is 0 Å². The van der Waals surface area contributed by atoms with Gasteiger partial charge in [-0.3, -0.25) is 9.59 Å². The zero-order valence-corrected chi connectivity index (χ0v) is 15.1. The summed E-state index contributed by atoms with van der Waals surface area (Å²) >= 11 is 0. The average Bonchev–Trinajstić information content (AvgIpc) is 2.46. The van der Waals surface area contributed by atoms with Gasteiger partial charge in [-0.2, -0.15) is 0 Å². The van der Waals surface area contributed by atoms with Gasteiger partial charge in [-0.15, -0.1) is 0 Å². The van der Waals surface area contributed by atoms with Crippen LogP contribution in [0.4, 0.5) is 5.69 Å². The number of benzene rings is 1. The van der Waals surface area contributed by atoms with Crippen molar-refractivity contribution in [2.24, 2.45) is 5.92 Å². The monoisotopic (exact) mass is 332 g/mol. The molecule has 1 aliphatic carbocycles. The molecule has 5 nitrogen and oxygen atoms in total. The summed E-state index contributed by atoms with van der Waals surface area (Å²) in [4.78, 5) is 24.4. The van der Waals surface area contributed by atoms with E-state index in [0.29, 0.717) is 24.5 Å². The van der Waals surface area contributed by atoms with Crippen molar-refractivity contribution in [3.63, 3.8) is 0 Å². The summed E-state index contributed by atoms with van der Waals surface area (Å²) in [6.45, 7) is 6.46. The molecule has 1 saturated carbocycles. The molecule has 0 bridgehead atoms. The Bertz CT molecular complexity index is 607. The minimum Gasteiger partial charge on any atom is -0.382 e. The third-order valence-corrected chi connectivity index (χ3v) is 4.47. The minimum atomic E-state index is -0.218. The van der Waals surface area contributed by atoms with Gasteiger partial charge >= 0.3 is 0 Å². The number of hydrogen-bond donors (Lipinski definition) is 2. The van der Waals surface area contributed by atoms with Gasteiger partial charge in [0.05, 0.1) is 12.1 Å². The normalized spacial score (nSPS) is 15.7. The van der Waals surface area contributed by atoms with Crippen molar-refractivity contribution in [3.8, 4) is 0 Å². The maximum atomic E-state index is 12.5. The fourth-order valence-electron chi connectivity index (χ4n) is 3.02. The maximum Gasteiger partial charge on any atom is 0.251 e. The number of nitrogens with one attached hydrogen (secondary N) is 2. The Labute approximate surface area is 144 Å². The van der Waals surface area contributed by atoms with Gasteiger partial charge in [0.1, 0.15) is 0 Å². The highest BCUT2D eigenvalue weighted by molar-refractivity contribution is 5.97. The molecule has 0 unspecified atom stereocenters. The summed E-state index contributed by atoms with van der Waals surface area (Å²) in [5.41, 5.74) is 2.03. The first kappa shape index (κ1) is 18.5. The van der Waals surface area contributed by atoms with Crippen LogP contribution >= 0.6 is 0 Å². The third-order valence-electron chi connectivity index (χ3n) is 4.47. The van der Waals surface area contributed by atoms with Crippen LogP contribution in [0.15, 0.2) is 18.2 Å². The molecular formula is C19H28N2O3. The Morgan fingerprint density at radius 1 is 1.29 bits per heavy atom. The van der Waals surface area contributed by atoms with Crippen molar-refractivity contribution in [3.05, 3.63) is 29.3 Å². The number of carbonyl (C=O) groups excluding carboxylic acids is 2. The number of aryl methyl sites for hydroxylation is 1. The van der Waals surface area contributed by atoms with Crippen LogP contribution in [-0.4, -0.2) is 31.1 Å². The molecule has 1 fully saturated rings. The third kappa shape index (κ3) is 4.57. The fraction of sp³-hybridized carbons (Fsp3) is 0.579. The first-order valence-corrected chi connectivity index (χ1v) is 8.57. The molecule has 1 aliphatic rings. The predicted molar refractivity (Wildman–Crippen MR) is 95.2 cm³/mol. The van der Waals surface area contributed by atoms with E-state index in [1.54, 1.807) is 19.2 Å². The van der Waals surface area contributed by atoms with Crippen molar-refractivity contribution < 1.29 is 14.3 Å². The molecule has 0 atom stereocenters. The van der Waals surface area contributed by atoms with Crippen LogP contribution in [0.25, 0.3) is 0 Å². The van der Waals surface area contributed by atoms with E-state index < -0.39 is 0 Å². The lowest BCUT2D eigenvalue weighted by Gasteiger charge is -2.42. The molecule has 2 amide bonds. The summed E-state index contributed by atoms with van der Waals surface area (Å²) in [5.74, 6) is 0.225. The second-order valence-electron chi connectivity index (χ2n) is 7.20. The highest BCUT2D eigenvalue weighted by atomic mass is 16.5. The van der Waals surface area contributed by atoms with E-state index in [0.717, 1.165) is 30.5 Å². The zero-order chi connectivity index (χ0) is 17.7. The molecule has 1 aromatic carbocycles. The Hall–Kier alpha value is -1.88. The number of ether oxygens (including phenoxy) is 1. The largest absolute Gasteiger partial charge is 0.382 e. The number of methoxy groups -OCH3 is 1. The number of rotatable bonds is 7. The lowest BCUT2D eigenvalue weighted by molar-refractivity contribution is -0.116. The van der Waals surface area contributed by atoms with Crippen molar-refractivity contribution in [2.75, 3.05) is 19.0 Å². The average molecular weight is 332 g/mol. The fourth-order valence-corrected chi connectivity index (χ4v) is 3.02. The predicted octanol–water partition coefficient (Wildman–Crippen LogP) is 3.28. The Kier molecular flexibility index (Phi) is 5.99. The van der Waals surface area contributed by atoms with E-state index in [9.17, 15) is 9.59 Å². The number of amides is 2. The van der Waals surface area contributed by atoms with Gasteiger partial charge in [0.2, 0.25) is 5.91 Å². The van der Waals surface area contributed by atoms with Gasteiger partial charge < -0.3 is 15.4 Å². The van der Waals surface area contributed by atoms with Crippen LogP contribution in [0.1, 0.15) is 55.5 Å². The second-order valence-corrected chi connectivity index (χ2v) is 7.20. The van der Waals surface area contributed by atoms with Crippen molar-refractivity contribution in [2.45, 2.75) is 52.0 Å². The lowest BCUT2D eigenvalue weighted by Crippen LogP contribution is -2.56. The quantitative estimate of drug-likeness (QED) is 0.805. The van der Waals surface area contributed by atoms with Gasteiger partial charge in [-0.25, -0.2) is 0 Å². The van der Waals surface area contributed by atoms with Crippen molar-refractivity contribution in [1.29, 1.82) is 0 Å². The summed E-state index contributed by atoms with van der Waals surface area (Å²) in [7, 11) is 1.66. The topological polar surface area (TPSA) is 67.4 Å². The molecule has 0 radical (unpaired) electrons. The van der Waals surface area contributed by atoms with Crippen LogP contribution in [0.5, 0.6) is 0 Å². The molecule has 24 heavy (non-hydrogen) atoms.